The van der Waals surface area contributed by atoms with Gasteiger partial charge in [-0.3, -0.25) is 4.98 Å². The molecule has 6 heteroatoms. The lowest BCUT2D eigenvalue weighted by atomic mass is 10.00. The predicted octanol–water partition coefficient (Wildman–Crippen LogP) is 9.43. The first-order valence-corrected chi connectivity index (χ1v) is 15.1. The standard InChI is InChI=1S/C27H43N3O.C7H6O2/c1-4-6-8-10-12-14-17-23(16-13-11-9-7-5-2)30-24-19-21-28-26(22-24)25-18-15-20-29-27(25)31-3;8-7(9)6-4-2-1-3-5-6/h15,18-23H,4-14,16-17H2,1-3H3,(H,28,30);1-5H,(H,8,9). The summed E-state index contributed by atoms with van der Waals surface area (Å²) in [5.41, 5.74) is 3.30. The van der Waals surface area contributed by atoms with E-state index in [0.29, 0.717) is 17.5 Å². The lowest BCUT2D eigenvalue weighted by Gasteiger charge is -2.20. The highest BCUT2D eigenvalue weighted by molar-refractivity contribution is 5.87. The SMILES string of the molecule is CCCCCCCCC(CCCCCCC)Nc1ccnc(-c2cccnc2OC)c1.O=C(O)c1ccccc1. The van der Waals surface area contributed by atoms with Crippen LogP contribution in [0.3, 0.4) is 0 Å². The van der Waals surface area contributed by atoms with Crippen molar-refractivity contribution in [1.29, 1.82) is 0 Å². The van der Waals surface area contributed by atoms with Gasteiger partial charge in [-0.1, -0.05) is 103 Å². The molecule has 0 amide bonds. The van der Waals surface area contributed by atoms with Crippen LogP contribution in [0.2, 0.25) is 0 Å². The van der Waals surface area contributed by atoms with Gasteiger partial charge < -0.3 is 15.2 Å². The molecular weight excluding hydrogens is 498 g/mol. The minimum atomic E-state index is -0.879. The molecule has 218 valence electrons. The topological polar surface area (TPSA) is 84.3 Å². The van der Waals surface area contributed by atoms with Gasteiger partial charge in [0.1, 0.15) is 0 Å². The van der Waals surface area contributed by atoms with Crippen LogP contribution in [-0.2, 0) is 0 Å². The molecular formula is C34H49N3O3. The van der Waals surface area contributed by atoms with E-state index in [4.69, 9.17) is 9.84 Å². The Labute approximate surface area is 241 Å². The van der Waals surface area contributed by atoms with E-state index in [1.165, 1.54) is 83.5 Å². The van der Waals surface area contributed by atoms with Gasteiger partial charge in [0.05, 0.1) is 23.9 Å². The molecule has 0 spiro atoms. The van der Waals surface area contributed by atoms with Gasteiger partial charge in [0.25, 0.3) is 0 Å². The van der Waals surface area contributed by atoms with Gasteiger partial charge in [0, 0.05) is 24.1 Å². The van der Waals surface area contributed by atoms with Crippen LogP contribution in [-0.4, -0.2) is 34.2 Å². The number of hydrogen-bond acceptors (Lipinski definition) is 5. The van der Waals surface area contributed by atoms with Crippen LogP contribution >= 0.6 is 0 Å². The summed E-state index contributed by atoms with van der Waals surface area (Å²) in [7, 11) is 1.66. The molecule has 0 radical (unpaired) electrons. The molecule has 0 fully saturated rings. The van der Waals surface area contributed by atoms with Gasteiger partial charge in [0.15, 0.2) is 0 Å². The van der Waals surface area contributed by atoms with E-state index in [1.807, 2.05) is 18.3 Å². The summed E-state index contributed by atoms with van der Waals surface area (Å²) < 4.78 is 5.43. The average Bonchev–Trinajstić information content (AvgIpc) is 2.99. The summed E-state index contributed by atoms with van der Waals surface area (Å²) in [5, 5.41) is 12.2. The predicted molar refractivity (Wildman–Crippen MR) is 166 cm³/mol. The number of anilines is 1. The second-order valence-corrected chi connectivity index (χ2v) is 10.3. The summed E-state index contributed by atoms with van der Waals surface area (Å²) in [6.45, 7) is 4.56. The maximum atomic E-state index is 10.2. The highest BCUT2D eigenvalue weighted by Gasteiger charge is 2.12. The smallest absolute Gasteiger partial charge is 0.335 e. The number of carbonyl (C=O) groups is 1. The van der Waals surface area contributed by atoms with Crippen molar-refractivity contribution < 1.29 is 14.6 Å². The Balaban J connectivity index is 0.000000526. The van der Waals surface area contributed by atoms with Crippen LogP contribution in [0.1, 0.15) is 108 Å². The summed E-state index contributed by atoms with van der Waals surface area (Å²) in [6.07, 6.45) is 20.9. The molecule has 2 N–H and O–H groups in total. The third-order valence-corrected chi connectivity index (χ3v) is 6.95. The van der Waals surface area contributed by atoms with Crippen molar-refractivity contribution in [2.45, 2.75) is 103 Å². The first kappa shape index (κ1) is 32.8. The Bertz CT molecular complexity index is 1070. The van der Waals surface area contributed by atoms with E-state index in [-0.39, 0.29) is 0 Å². The molecule has 0 aliphatic carbocycles. The molecule has 6 nitrogen and oxygen atoms in total. The summed E-state index contributed by atoms with van der Waals surface area (Å²) in [6, 6.07) is 17.0. The van der Waals surface area contributed by atoms with E-state index < -0.39 is 5.97 Å². The van der Waals surface area contributed by atoms with Gasteiger partial charge in [-0.2, -0.15) is 0 Å². The lowest BCUT2D eigenvalue weighted by Crippen LogP contribution is -2.19. The fourth-order valence-electron chi connectivity index (χ4n) is 4.69. The number of aromatic nitrogens is 2. The zero-order valence-electron chi connectivity index (χ0n) is 24.8. The number of pyridine rings is 2. The molecule has 0 aliphatic heterocycles. The number of nitrogens with zero attached hydrogens (tertiary/aromatic N) is 2. The zero-order valence-corrected chi connectivity index (χ0v) is 24.8. The van der Waals surface area contributed by atoms with E-state index in [2.05, 4.69) is 41.3 Å². The molecule has 1 unspecified atom stereocenters. The molecule has 0 saturated carbocycles. The lowest BCUT2D eigenvalue weighted by molar-refractivity contribution is 0.0697. The van der Waals surface area contributed by atoms with Crippen molar-refractivity contribution in [2.75, 3.05) is 12.4 Å². The third kappa shape index (κ3) is 13.1. The van der Waals surface area contributed by atoms with E-state index in [9.17, 15) is 4.79 Å². The number of unbranched alkanes of at least 4 members (excludes halogenated alkanes) is 9. The molecule has 2 aromatic heterocycles. The number of benzene rings is 1. The number of rotatable bonds is 18. The largest absolute Gasteiger partial charge is 0.481 e. The average molecular weight is 548 g/mol. The maximum Gasteiger partial charge on any atom is 0.335 e. The number of carboxylic acid groups (broad SMARTS) is 1. The minimum Gasteiger partial charge on any atom is -0.481 e. The molecule has 40 heavy (non-hydrogen) atoms. The Morgan fingerprint density at radius 2 is 1.43 bits per heavy atom. The number of carboxylic acids is 1. The Hall–Kier alpha value is -3.41. The van der Waals surface area contributed by atoms with Gasteiger partial charge in [-0.25, -0.2) is 9.78 Å². The minimum absolute atomic E-state index is 0.331. The van der Waals surface area contributed by atoms with Gasteiger partial charge in [0.2, 0.25) is 5.88 Å². The summed E-state index contributed by atoms with van der Waals surface area (Å²) in [5.74, 6) is -0.262. The number of methoxy groups -OCH3 is 1. The van der Waals surface area contributed by atoms with Gasteiger partial charge in [-0.05, 0) is 49.2 Å². The maximum absolute atomic E-state index is 10.2. The van der Waals surface area contributed by atoms with Crippen molar-refractivity contribution in [3.63, 3.8) is 0 Å². The number of nitrogens with one attached hydrogen (secondary N) is 1. The quantitative estimate of drug-likeness (QED) is 0.154. The number of aromatic carboxylic acids is 1. The Morgan fingerprint density at radius 3 is 2.00 bits per heavy atom. The van der Waals surface area contributed by atoms with Crippen molar-refractivity contribution in [2.24, 2.45) is 0 Å². The van der Waals surface area contributed by atoms with Crippen molar-refractivity contribution in [3.8, 4) is 17.1 Å². The van der Waals surface area contributed by atoms with Crippen LogP contribution < -0.4 is 10.1 Å². The van der Waals surface area contributed by atoms with Crippen LogP contribution in [0.4, 0.5) is 5.69 Å². The second-order valence-electron chi connectivity index (χ2n) is 10.3. The Kier molecular flexibility index (Phi) is 16.8. The van der Waals surface area contributed by atoms with Crippen LogP contribution in [0.25, 0.3) is 11.3 Å². The first-order valence-electron chi connectivity index (χ1n) is 15.1. The molecule has 1 aromatic carbocycles. The monoisotopic (exact) mass is 547 g/mol. The van der Waals surface area contributed by atoms with Crippen LogP contribution in [0.5, 0.6) is 5.88 Å². The fraction of sp³-hybridized carbons (Fsp3) is 0.500. The number of ether oxygens (including phenoxy) is 1. The van der Waals surface area contributed by atoms with E-state index in [0.717, 1.165) is 16.9 Å². The van der Waals surface area contributed by atoms with Crippen molar-refractivity contribution in [3.05, 3.63) is 72.6 Å². The van der Waals surface area contributed by atoms with Crippen molar-refractivity contribution >= 4 is 11.7 Å². The summed E-state index contributed by atoms with van der Waals surface area (Å²) in [4.78, 5) is 19.1. The molecule has 0 saturated heterocycles. The number of hydrogen-bond donors (Lipinski definition) is 2. The van der Waals surface area contributed by atoms with E-state index >= 15 is 0 Å². The zero-order chi connectivity index (χ0) is 28.8. The normalized spacial score (nSPS) is 11.3. The summed E-state index contributed by atoms with van der Waals surface area (Å²) >= 11 is 0. The Morgan fingerprint density at radius 1 is 0.800 bits per heavy atom. The molecule has 0 aliphatic rings. The molecule has 0 bridgehead atoms. The first-order chi connectivity index (χ1) is 19.6. The van der Waals surface area contributed by atoms with Gasteiger partial charge in [-0.15, -0.1) is 0 Å². The molecule has 1 atom stereocenters. The van der Waals surface area contributed by atoms with Crippen LogP contribution in [0.15, 0.2) is 67.0 Å². The van der Waals surface area contributed by atoms with Gasteiger partial charge >= 0.3 is 5.97 Å². The van der Waals surface area contributed by atoms with Crippen LogP contribution in [0, 0.1) is 0 Å². The van der Waals surface area contributed by atoms with E-state index in [1.54, 1.807) is 43.6 Å². The molecule has 2 heterocycles. The fourth-order valence-corrected chi connectivity index (χ4v) is 4.69. The highest BCUT2D eigenvalue weighted by atomic mass is 16.5. The third-order valence-electron chi connectivity index (χ3n) is 6.95. The second kappa shape index (κ2) is 20.5. The molecule has 3 rings (SSSR count). The molecule has 3 aromatic rings. The van der Waals surface area contributed by atoms with Crippen molar-refractivity contribution in [1.82, 2.24) is 9.97 Å². The highest BCUT2D eigenvalue weighted by Crippen LogP contribution is 2.28.